The van der Waals surface area contributed by atoms with E-state index in [0.717, 1.165) is 12.8 Å². The largest absolute Gasteiger partial charge is 0.481 e. The maximum atomic E-state index is 11.9. The van der Waals surface area contributed by atoms with Gasteiger partial charge >= 0.3 is 5.97 Å². The Morgan fingerprint density at radius 3 is 2.82 bits per heavy atom. The van der Waals surface area contributed by atoms with Gasteiger partial charge in [-0.25, -0.2) is 0 Å². The third-order valence-corrected chi connectivity index (χ3v) is 5.28. The van der Waals surface area contributed by atoms with E-state index >= 15 is 0 Å². The van der Waals surface area contributed by atoms with Crippen LogP contribution in [0.1, 0.15) is 31.2 Å². The summed E-state index contributed by atoms with van der Waals surface area (Å²) in [7, 11) is 0. The van der Waals surface area contributed by atoms with Gasteiger partial charge in [0.1, 0.15) is 0 Å². The molecule has 116 valence electrons. The smallest absolute Gasteiger partial charge is 0.306 e. The summed E-state index contributed by atoms with van der Waals surface area (Å²) >= 11 is 1.74. The first-order valence-electron chi connectivity index (χ1n) is 7.61. The van der Waals surface area contributed by atoms with E-state index in [1.807, 2.05) is 12.1 Å². The van der Waals surface area contributed by atoms with Crippen molar-refractivity contribution < 1.29 is 14.7 Å². The number of hydrogen-bond donors (Lipinski definition) is 2. The molecular weight excluding hydrogens is 298 g/mol. The minimum Gasteiger partial charge on any atom is -0.481 e. The second kappa shape index (κ2) is 6.48. The number of rotatable bonds is 6. The zero-order valence-corrected chi connectivity index (χ0v) is 13.1. The van der Waals surface area contributed by atoms with Gasteiger partial charge in [-0.3, -0.25) is 9.59 Å². The van der Waals surface area contributed by atoms with Crippen LogP contribution in [0.3, 0.4) is 0 Å². The molecule has 0 saturated heterocycles. The summed E-state index contributed by atoms with van der Waals surface area (Å²) in [6, 6.07) is 8.38. The average Bonchev–Trinajstić information content (AvgIpc) is 2.85. The highest BCUT2D eigenvalue weighted by Crippen LogP contribution is 2.28. The summed E-state index contributed by atoms with van der Waals surface area (Å²) in [6.07, 6.45) is 3.35. The van der Waals surface area contributed by atoms with E-state index in [2.05, 4.69) is 22.8 Å². The van der Waals surface area contributed by atoms with Crippen molar-refractivity contribution in [3.63, 3.8) is 0 Å². The van der Waals surface area contributed by atoms with Crippen LogP contribution < -0.4 is 5.32 Å². The van der Waals surface area contributed by atoms with Crippen LogP contribution in [0.15, 0.2) is 29.6 Å². The van der Waals surface area contributed by atoms with E-state index in [9.17, 15) is 9.59 Å². The summed E-state index contributed by atoms with van der Waals surface area (Å²) in [4.78, 5) is 22.6. The van der Waals surface area contributed by atoms with Gasteiger partial charge in [0.15, 0.2) is 0 Å². The van der Waals surface area contributed by atoms with Crippen LogP contribution in [0.4, 0.5) is 0 Å². The molecule has 1 saturated carbocycles. The van der Waals surface area contributed by atoms with Crippen molar-refractivity contribution in [1.29, 1.82) is 0 Å². The number of aryl methyl sites for hydroxylation is 1. The summed E-state index contributed by atoms with van der Waals surface area (Å²) < 4.78 is 1.29. The Hall–Kier alpha value is -1.88. The van der Waals surface area contributed by atoms with Crippen molar-refractivity contribution in [1.82, 2.24) is 5.32 Å². The first-order chi connectivity index (χ1) is 10.6. The van der Waals surface area contributed by atoms with Crippen LogP contribution in [0.5, 0.6) is 0 Å². The molecule has 1 aliphatic carbocycles. The Morgan fingerprint density at radius 1 is 1.27 bits per heavy atom. The fraction of sp³-hybridized carbons (Fsp3) is 0.412. The molecule has 1 heterocycles. The predicted molar refractivity (Wildman–Crippen MR) is 87.1 cm³/mol. The monoisotopic (exact) mass is 317 g/mol. The molecule has 0 bridgehead atoms. The molecule has 22 heavy (non-hydrogen) atoms. The molecule has 2 N–H and O–H groups in total. The highest BCUT2D eigenvalue weighted by Gasteiger charge is 2.34. The lowest BCUT2D eigenvalue weighted by atomic mass is 9.80. The number of hydrogen-bond acceptors (Lipinski definition) is 3. The zero-order chi connectivity index (χ0) is 15.5. The number of carboxylic acid groups (broad SMARTS) is 1. The average molecular weight is 317 g/mol. The summed E-state index contributed by atoms with van der Waals surface area (Å²) in [5.41, 5.74) is 1.31. The molecule has 1 aromatic heterocycles. The van der Waals surface area contributed by atoms with E-state index in [1.54, 1.807) is 11.3 Å². The van der Waals surface area contributed by atoms with Gasteiger partial charge in [0.05, 0.1) is 5.92 Å². The Bertz CT molecular complexity index is 688. The van der Waals surface area contributed by atoms with Crippen molar-refractivity contribution in [2.45, 2.75) is 38.1 Å². The van der Waals surface area contributed by atoms with Gasteiger partial charge in [0.25, 0.3) is 0 Å². The van der Waals surface area contributed by atoms with Crippen molar-refractivity contribution >= 4 is 33.3 Å². The predicted octanol–water partition coefficient (Wildman–Crippen LogP) is 3.20. The number of carboxylic acids is 1. The van der Waals surface area contributed by atoms with Crippen LogP contribution in [-0.4, -0.2) is 23.0 Å². The van der Waals surface area contributed by atoms with Gasteiger partial charge in [-0.15, -0.1) is 11.3 Å². The van der Waals surface area contributed by atoms with Gasteiger partial charge < -0.3 is 10.4 Å². The van der Waals surface area contributed by atoms with Gasteiger partial charge in [-0.05, 0) is 48.1 Å². The molecule has 0 atom stereocenters. The van der Waals surface area contributed by atoms with Crippen molar-refractivity contribution in [3.05, 3.63) is 35.2 Å². The maximum Gasteiger partial charge on any atom is 0.306 e. The minimum absolute atomic E-state index is 0.0355. The van der Waals surface area contributed by atoms with Gasteiger partial charge in [-0.1, -0.05) is 18.2 Å². The third-order valence-electron chi connectivity index (χ3n) is 4.26. The van der Waals surface area contributed by atoms with Gasteiger partial charge in [0.2, 0.25) is 5.91 Å². The highest BCUT2D eigenvalue weighted by atomic mass is 32.1. The normalized spacial score (nSPS) is 20.5. The molecule has 0 aliphatic heterocycles. The van der Waals surface area contributed by atoms with Crippen molar-refractivity contribution in [2.75, 3.05) is 0 Å². The molecule has 0 radical (unpaired) electrons. The van der Waals surface area contributed by atoms with Crippen molar-refractivity contribution in [3.8, 4) is 0 Å². The van der Waals surface area contributed by atoms with Crippen LogP contribution >= 0.6 is 11.3 Å². The van der Waals surface area contributed by atoms with Crippen molar-refractivity contribution in [2.24, 2.45) is 5.92 Å². The summed E-state index contributed by atoms with van der Waals surface area (Å²) in [5.74, 6) is -0.995. The fourth-order valence-electron chi connectivity index (χ4n) is 2.90. The summed E-state index contributed by atoms with van der Waals surface area (Å²) in [6.45, 7) is 0. The summed E-state index contributed by atoms with van der Waals surface area (Å²) in [5, 5.41) is 15.2. The maximum absolute atomic E-state index is 11.9. The van der Waals surface area contributed by atoms with Crippen LogP contribution in [0.25, 0.3) is 10.1 Å². The quantitative estimate of drug-likeness (QED) is 0.860. The van der Waals surface area contributed by atoms with Crippen LogP contribution in [-0.2, 0) is 16.0 Å². The number of thiophene rings is 1. The number of carbonyl (C=O) groups excluding carboxylic acids is 1. The minimum atomic E-state index is -0.755. The number of carbonyl (C=O) groups is 2. The van der Waals surface area contributed by atoms with Crippen LogP contribution in [0, 0.1) is 5.92 Å². The molecule has 1 fully saturated rings. The molecule has 2 aromatic rings. The van der Waals surface area contributed by atoms with Gasteiger partial charge in [-0.2, -0.15) is 0 Å². The Morgan fingerprint density at radius 2 is 2.05 bits per heavy atom. The molecule has 4 nitrogen and oxygen atoms in total. The number of aliphatic carboxylic acids is 1. The first-order valence-corrected chi connectivity index (χ1v) is 8.48. The highest BCUT2D eigenvalue weighted by molar-refractivity contribution is 7.17. The number of benzene rings is 1. The van der Waals surface area contributed by atoms with E-state index in [1.165, 1.54) is 15.6 Å². The van der Waals surface area contributed by atoms with Crippen LogP contribution in [0.2, 0.25) is 0 Å². The number of fused-ring (bicyclic) bond motifs is 1. The Kier molecular flexibility index (Phi) is 4.43. The number of amides is 1. The van der Waals surface area contributed by atoms with E-state index in [0.29, 0.717) is 19.3 Å². The molecule has 5 heteroatoms. The molecule has 1 aromatic carbocycles. The Labute approximate surface area is 133 Å². The topological polar surface area (TPSA) is 66.4 Å². The fourth-order valence-corrected chi connectivity index (χ4v) is 3.90. The lowest BCUT2D eigenvalue weighted by molar-refractivity contribution is -0.146. The van der Waals surface area contributed by atoms with Gasteiger partial charge in [0, 0.05) is 17.2 Å². The number of nitrogens with one attached hydrogen (secondary N) is 1. The molecule has 0 unspecified atom stereocenters. The lowest BCUT2D eigenvalue weighted by Crippen LogP contribution is -2.46. The molecule has 0 spiro atoms. The standard InChI is InChI=1S/C17H19NO3S/c19-16(18-13-8-12(9-13)17(20)21)7-3-4-11-10-22-15-6-2-1-5-14(11)15/h1-2,5-6,10,12-13H,3-4,7-9H2,(H,18,19)(H,20,21). The van der Waals surface area contributed by atoms with E-state index in [4.69, 9.17) is 5.11 Å². The lowest BCUT2D eigenvalue weighted by Gasteiger charge is -2.32. The van der Waals surface area contributed by atoms with E-state index in [-0.39, 0.29) is 17.9 Å². The molecular formula is C17H19NO3S. The Balaban J connectivity index is 1.42. The zero-order valence-electron chi connectivity index (χ0n) is 12.2. The molecule has 1 aliphatic rings. The third kappa shape index (κ3) is 3.30. The second-order valence-electron chi connectivity index (χ2n) is 5.88. The first kappa shape index (κ1) is 15.0. The van der Waals surface area contributed by atoms with E-state index < -0.39 is 5.97 Å². The SMILES string of the molecule is O=C(CCCc1csc2ccccc12)NC1CC(C(=O)O)C1. The molecule has 1 amide bonds. The second-order valence-corrected chi connectivity index (χ2v) is 6.79. The molecule has 3 rings (SSSR count).